The molecule has 2 N–H and O–H groups in total. The molecule has 12 heteroatoms. The van der Waals surface area contributed by atoms with Crippen LogP contribution in [0.2, 0.25) is 5.02 Å². The lowest BCUT2D eigenvalue weighted by Gasteiger charge is -2.35. The standard InChI is InChI=1S/C27H33ClF3N3O4S/c1-25(2)17-10-15(11-18(17)25)33(13-20(35)21-19(28)6-9-39-21)23(36)16-12-32-34(22(16)27(29,30)31)14-4-7-26(3,8-5-14)24(37)38/h6,9,12,14-15,17-18,20,35H,4-5,7-8,10-11,13H2,1-3H3,(H,37,38)/t14?,15?,17-,18+,20?,26?. The molecule has 3 aliphatic rings. The van der Waals surface area contributed by atoms with Crippen LogP contribution in [-0.2, 0) is 11.0 Å². The second-order valence-electron chi connectivity index (χ2n) is 12.2. The van der Waals surface area contributed by atoms with Gasteiger partial charge in [-0.15, -0.1) is 11.3 Å². The number of hydrogen-bond donors (Lipinski definition) is 2. The molecule has 3 fully saturated rings. The molecular formula is C27H33ClF3N3O4S. The quantitative estimate of drug-likeness (QED) is 0.389. The molecule has 0 spiro atoms. The number of rotatable bonds is 7. The molecule has 2 aromatic rings. The fourth-order valence-electron chi connectivity index (χ4n) is 6.87. The van der Waals surface area contributed by atoms with E-state index in [-0.39, 0.29) is 43.7 Å². The van der Waals surface area contributed by atoms with Gasteiger partial charge in [-0.1, -0.05) is 25.4 Å². The summed E-state index contributed by atoms with van der Waals surface area (Å²) in [4.78, 5) is 27.4. The van der Waals surface area contributed by atoms with Crippen molar-refractivity contribution in [3.8, 4) is 0 Å². The number of hydrogen-bond acceptors (Lipinski definition) is 5. The third-order valence-electron chi connectivity index (χ3n) is 9.57. The van der Waals surface area contributed by atoms with Crippen LogP contribution < -0.4 is 0 Å². The van der Waals surface area contributed by atoms with E-state index in [0.29, 0.717) is 34.6 Å². The molecule has 0 bridgehead atoms. The molecule has 214 valence electrons. The summed E-state index contributed by atoms with van der Waals surface area (Å²) in [6.07, 6.45) is -2.82. The highest BCUT2D eigenvalue weighted by Gasteiger charge is 2.63. The molecule has 2 aromatic heterocycles. The van der Waals surface area contributed by atoms with Crippen LogP contribution in [-0.4, -0.2) is 49.4 Å². The van der Waals surface area contributed by atoms with Crippen LogP contribution in [0, 0.1) is 22.7 Å². The number of aliphatic hydroxyl groups excluding tert-OH is 1. The second kappa shape index (κ2) is 9.76. The maximum Gasteiger partial charge on any atom is 0.433 e. The van der Waals surface area contributed by atoms with Crippen molar-refractivity contribution < 1.29 is 33.0 Å². The van der Waals surface area contributed by atoms with Gasteiger partial charge in [0.05, 0.1) is 39.7 Å². The van der Waals surface area contributed by atoms with Gasteiger partial charge in [0.25, 0.3) is 5.91 Å². The second-order valence-corrected chi connectivity index (χ2v) is 13.6. The number of halogens is 4. The average molecular weight is 588 g/mol. The van der Waals surface area contributed by atoms with Gasteiger partial charge in [-0.05, 0) is 74.1 Å². The molecule has 0 aromatic carbocycles. The zero-order chi connectivity index (χ0) is 28.5. The van der Waals surface area contributed by atoms with E-state index in [1.54, 1.807) is 18.4 Å². The number of alkyl halides is 3. The van der Waals surface area contributed by atoms with Crippen LogP contribution >= 0.6 is 22.9 Å². The van der Waals surface area contributed by atoms with Crippen molar-refractivity contribution in [2.24, 2.45) is 22.7 Å². The summed E-state index contributed by atoms with van der Waals surface area (Å²) in [6.45, 7) is 5.75. The van der Waals surface area contributed by atoms with Crippen molar-refractivity contribution in [1.29, 1.82) is 0 Å². The topological polar surface area (TPSA) is 95.7 Å². The lowest BCUT2D eigenvalue weighted by atomic mass is 9.74. The SMILES string of the molecule is CC1(C(=O)O)CCC(n2ncc(C(=O)N(CC(O)c3sccc3Cl)C3C[C@@H]4[C@H](C3)C4(C)C)c2C(F)(F)F)CC1. The smallest absolute Gasteiger partial charge is 0.433 e. The minimum atomic E-state index is -4.85. The van der Waals surface area contributed by atoms with Gasteiger partial charge in [0.1, 0.15) is 6.10 Å². The third-order valence-corrected chi connectivity index (χ3v) is 11.0. The Balaban J connectivity index is 1.45. The maximum atomic E-state index is 14.5. The molecule has 2 unspecified atom stereocenters. The lowest BCUT2D eigenvalue weighted by Crippen LogP contribution is -2.43. The number of aliphatic carboxylic acids is 1. The van der Waals surface area contributed by atoms with Crippen molar-refractivity contribution in [2.45, 2.75) is 83.7 Å². The number of amides is 1. The number of carbonyl (C=O) groups is 2. The first-order valence-corrected chi connectivity index (χ1v) is 14.5. The van der Waals surface area contributed by atoms with E-state index in [1.807, 2.05) is 0 Å². The van der Waals surface area contributed by atoms with Gasteiger partial charge in [0, 0.05) is 6.04 Å². The first kappa shape index (κ1) is 28.4. The summed E-state index contributed by atoms with van der Waals surface area (Å²) >= 11 is 7.44. The molecule has 0 saturated heterocycles. The third kappa shape index (κ3) is 4.99. The Kier molecular flexibility index (Phi) is 7.12. The number of aromatic nitrogens is 2. The minimum absolute atomic E-state index is 0.147. The van der Waals surface area contributed by atoms with Crippen molar-refractivity contribution >= 4 is 34.8 Å². The monoisotopic (exact) mass is 587 g/mol. The van der Waals surface area contributed by atoms with Crippen LogP contribution in [0.5, 0.6) is 0 Å². The number of carbonyl (C=O) groups excluding carboxylic acids is 1. The Labute approximate surface area is 233 Å². The van der Waals surface area contributed by atoms with Crippen LogP contribution in [0.1, 0.15) is 92.4 Å². The highest BCUT2D eigenvalue weighted by atomic mass is 35.5. The summed E-state index contributed by atoms with van der Waals surface area (Å²) in [5.41, 5.74) is -2.51. The van der Waals surface area contributed by atoms with Crippen LogP contribution in [0.4, 0.5) is 13.2 Å². The molecule has 2 heterocycles. The van der Waals surface area contributed by atoms with Gasteiger partial charge in [0.15, 0.2) is 5.69 Å². The average Bonchev–Trinajstić information content (AvgIpc) is 3.42. The Morgan fingerprint density at radius 1 is 1.23 bits per heavy atom. The van der Waals surface area contributed by atoms with E-state index in [2.05, 4.69) is 18.9 Å². The predicted molar refractivity (Wildman–Crippen MR) is 140 cm³/mol. The van der Waals surface area contributed by atoms with E-state index in [1.165, 1.54) is 16.2 Å². The van der Waals surface area contributed by atoms with E-state index < -0.39 is 46.9 Å². The van der Waals surface area contributed by atoms with E-state index >= 15 is 0 Å². The fourth-order valence-corrected chi connectivity index (χ4v) is 8.03. The molecular weight excluding hydrogens is 555 g/mol. The van der Waals surface area contributed by atoms with E-state index in [0.717, 1.165) is 10.9 Å². The van der Waals surface area contributed by atoms with Gasteiger partial charge in [0.2, 0.25) is 0 Å². The van der Waals surface area contributed by atoms with Crippen molar-refractivity contribution in [2.75, 3.05) is 6.54 Å². The summed E-state index contributed by atoms with van der Waals surface area (Å²) in [7, 11) is 0. The molecule has 0 aliphatic heterocycles. The molecule has 4 atom stereocenters. The lowest BCUT2D eigenvalue weighted by molar-refractivity contribution is -0.152. The number of nitrogens with zero attached hydrogens (tertiary/aromatic N) is 3. The summed E-state index contributed by atoms with van der Waals surface area (Å²) in [5.74, 6) is -1.01. The van der Waals surface area contributed by atoms with Gasteiger partial charge < -0.3 is 15.1 Å². The Morgan fingerprint density at radius 2 is 1.85 bits per heavy atom. The van der Waals surface area contributed by atoms with Crippen molar-refractivity contribution in [3.05, 3.63) is 38.8 Å². The van der Waals surface area contributed by atoms with Gasteiger partial charge in [-0.25, -0.2) is 0 Å². The zero-order valence-corrected chi connectivity index (χ0v) is 23.6. The largest absolute Gasteiger partial charge is 0.481 e. The van der Waals surface area contributed by atoms with Crippen molar-refractivity contribution in [1.82, 2.24) is 14.7 Å². The number of thiophene rings is 1. The first-order chi connectivity index (χ1) is 18.1. The Bertz CT molecular complexity index is 1250. The van der Waals surface area contributed by atoms with E-state index in [4.69, 9.17) is 11.6 Å². The van der Waals surface area contributed by atoms with E-state index in [9.17, 15) is 33.0 Å². The van der Waals surface area contributed by atoms with Crippen LogP contribution in [0.15, 0.2) is 17.6 Å². The van der Waals surface area contributed by atoms with Gasteiger partial charge in [-0.2, -0.15) is 18.3 Å². The molecule has 5 rings (SSSR count). The number of fused-ring (bicyclic) bond motifs is 1. The zero-order valence-electron chi connectivity index (χ0n) is 22.0. The van der Waals surface area contributed by atoms with Gasteiger partial charge >= 0.3 is 12.1 Å². The van der Waals surface area contributed by atoms with Crippen LogP contribution in [0.25, 0.3) is 0 Å². The normalized spacial score (nSPS) is 30.6. The minimum Gasteiger partial charge on any atom is -0.481 e. The van der Waals surface area contributed by atoms with Crippen molar-refractivity contribution in [3.63, 3.8) is 0 Å². The van der Waals surface area contributed by atoms with Gasteiger partial charge in [-0.3, -0.25) is 14.3 Å². The molecule has 7 nitrogen and oxygen atoms in total. The summed E-state index contributed by atoms with van der Waals surface area (Å²) in [6, 6.07) is 0.666. The summed E-state index contributed by atoms with van der Waals surface area (Å²) in [5, 5.41) is 26.6. The molecule has 3 aliphatic carbocycles. The first-order valence-electron chi connectivity index (χ1n) is 13.2. The molecule has 39 heavy (non-hydrogen) atoms. The number of aliphatic hydroxyl groups is 1. The molecule has 0 radical (unpaired) electrons. The Hall–Kier alpha value is -2.11. The number of carboxylic acid groups (broad SMARTS) is 1. The maximum absolute atomic E-state index is 14.5. The molecule has 3 saturated carbocycles. The fraction of sp³-hybridized carbons (Fsp3) is 0.667. The highest BCUT2D eigenvalue weighted by molar-refractivity contribution is 7.10. The predicted octanol–water partition coefficient (Wildman–Crippen LogP) is 6.43. The molecule has 1 amide bonds. The Morgan fingerprint density at radius 3 is 2.36 bits per heavy atom. The summed E-state index contributed by atoms with van der Waals surface area (Å²) < 4.78 is 44.4. The van der Waals surface area contributed by atoms with Crippen LogP contribution in [0.3, 0.4) is 0 Å². The number of carboxylic acids is 1. The highest BCUT2D eigenvalue weighted by Crippen LogP contribution is 2.67.